The average Bonchev–Trinajstić information content (AvgIpc) is 2.73. The lowest BCUT2D eigenvalue weighted by atomic mass is 10.2. The summed E-state index contributed by atoms with van der Waals surface area (Å²) < 4.78 is 59.1. The van der Waals surface area contributed by atoms with Gasteiger partial charge in [-0.3, -0.25) is 4.72 Å². The number of sulfonamides is 1. The molecule has 0 fully saturated rings. The van der Waals surface area contributed by atoms with Crippen LogP contribution in [0, 0.1) is 0 Å². The fourth-order valence-electron chi connectivity index (χ4n) is 2.33. The highest BCUT2D eigenvalue weighted by atomic mass is 35.5. The molecule has 0 aliphatic carbocycles. The van der Waals surface area contributed by atoms with E-state index in [9.17, 15) is 31.5 Å². The number of aliphatic carboxylic acids is 1. The number of hydrogen-bond donors (Lipinski definition) is 3. The summed E-state index contributed by atoms with van der Waals surface area (Å²) in [6.45, 7) is 2.67. The van der Waals surface area contributed by atoms with Crippen LogP contribution in [0.25, 0.3) is 0 Å². The zero-order valence-corrected chi connectivity index (χ0v) is 20.1. The Bertz CT molecular complexity index is 1150. The Balaban J connectivity index is 0.000000718. The van der Waals surface area contributed by atoms with E-state index >= 15 is 0 Å². The van der Waals surface area contributed by atoms with E-state index in [0.29, 0.717) is 6.54 Å². The molecule has 2 aromatic rings. The minimum absolute atomic E-state index is 0.0334. The fraction of sp³-hybridized carbons (Fsp3) is 0.316. The third kappa shape index (κ3) is 8.54. The molecular weight excluding hydrogens is 526 g/mol. The summed E-state index contributed by atoms with van der Waals surface area (Å²) in [6, 6.07) is 5.12. The first-order valence-electron chi connectivity index (χ1n) is 9.32. The molecule has 1 heterocycles. The minimum Gasteiger partial charge on any atom is -0.478 e. The van der Waals surface area contributed by atoms with E-state index in [1.807, 2.05) is 6.92 Å². The van der Waals surface area contributed by atoms with Gasteiger partial charge >= 0.3 is 18.1 Å². The molecule has 9 nitrogen and oxygen atoms in total. The van der Waals surface area contributed by atoms with Gasteiger partial charge in [0.05, 0.1) is 26.8 Å². The number of rotatable bonds is 8. The summed E-state index contributed by atoms with van der Waals surface area (Å²) in [6.07, 6.45) is -1.98. The van der Waals surface area contributed by atoms with Crippen LogP contribution in [0.1, 0.15) is 30.1 Å². The molecule has 0 aliphatic heterocycles. The van der Waals surface area contributed by atoms with Crippen molar-refractivity contribution < 1.29 is 41.4 Å². The summed E-state index contributed by atoms with van der Waals surface area (Å²) in [5, 5.41) is 16.9. The van der Waals surface area contributed by atoms with Gasteiger partial charge in [-0.2, -0.15) is 13.2 Å². The molecule has 0 saturated heterocycles. The Morgan fingerprint density at radius 3 is 2.21 bits per heavy atom. The lowest BCUT2D eigenvalue weighted by Crippen LogP contribution is -2.23. The van der Waals surface area contributed by atoms with Crippen LogP contribution in [-0.4, -0.2) is 55.3 Å². The monoisotopic (exact) mass is 545 g/mol. The SMILES string of the molecule is CCCCN(C)c1ncc(NS(=O)(=O)c2ccc(Cl)c(Cl)c2)cc1C(=O)O.O=C(O)C(F)(F)F. The van der Waals surface area contributed by atoms with Gasteiger partial charge in [-0.05, 0) is 30.7 Å². The predicted octanol–water partition coefficient (Wildman–Crippen LogP) is 4.76. The van der Waals surface area contributed by atoms with E-state index in [0.717, 1.165) is 12.8 Å². The van der Waals surface area contributed by atoms with Crippen molar-refractivity contribution in [3.63, 3.8) is 0 Å². The number of aromatic carboxylic acids is 1. The van der Waals surface area contributed by atoms with E-state index in [1.165, 1.54) is 30.5 Å². The van der Waals surface area contributed by atoms with Gasteiger partial charge in [0.1, 0.15) is 11.4 Å². The number of nitrogens with zero attached hydrogens (tertiary/aromatic N) is 2. The predicted molar refractivity (Wildman–Crippen MR) is 120 cm³/mol. The van der Waals surface area contributed by atoms with Crippen LogP contribution >= 0.6 is 23.2 Å². The number of carboxylic acids is 2. The van der Waals surface area contributed by atoms with Gasteiger partial charge in [-0.1, -0.05) is 36.5 Å². The van der Waals surface area contributed by atoms with E-state index in [4.69, 9.17) is 33.1 Å². The molecule has 1 aromatic heterocycles. The number of halogens is 5. The lowest BCUT2D eigenvalue weighted by Gasteiger charge is -2.20. The molecule has 0 bridgehead atoms. The van der Waals surface area contributed by atoms with E-state index < -0.39 is 28.1 Å². The Morgan fingerprint density at radius 1 is 1.15 bits per heavy atom. The van der Waals surface area contributed by atoms with Crippen LogP contribution in [0.4, 0.5) is 24.7 Å². The van der Waals surface area contributed by atoms with Crippen LogP contribution in [0.5, 0.6) is 0 Å². The molecule has 15 heteroatoms. The number of benzene rings is 1. The number of nitrogens with one attached hydrogen (secondary N) is 1. The normalized spacial score (nSPS) is 11.3. The Hall–Kier alpha value is -2.77. The average molecular weight is 546 g/mol. The van der Waals surface area contributed by atoms with Gasteiger partial charge < -0.3 is 15.1 Å². The van der Waals surface area contributed by atoms with Crippen molar-refractivity contribution in [2.45, 2.75) is 30.8 Å². The third-order valence-electron chi connectivity index (χ3n) is 4.00. The summed E-state index contributed by atoms with van der Waals surface area (Å²) in [5.74, 6) is -3.68. The Morgan fingerprint density at radius 2 is 1.74 bits per heavy atom. The number of aromatic nitrogens is 1. The molecule has 0 atom stereocenters. The van der Waals surface area contributed by atoms with E-state index in [2.05, 4.69) is 9.71 Å². The fourth-order valence-corrected chi connectivity index (χ4v) is 3.76. The van der Waals surface area contributed by atoms with Gasteiger partial charge in [0.25, 0.3) is 10.0 Å². The highest BCUT2D eigenvalue weighted by molar-refractivity contribution is 7.92. The number of pyridine rings is 1. The van der Waals surface area contributed by atoms with Crippen molar-refractivity contribution in [1.29, 1.82) is 0 Å². The second-order valence-corrected chi connectivity index (χ2v) is 9.16. The van der Waals surface area contributed by atoms with Gasteiger partial charge in [0, 0.05) is 13.6 Å². The zero-order valence-electron chi connectivity index (χ0n) is 17.7. The summed E-state index contributed by atoms with van der Waals surface area (Å²) in [5.41, 5.74) is -0.0611. The lowest BCUT2D eigenvalue weighted by molar-refractivity contribution is -0.192. The molecular formula is C19H20Cl2F3N3O6S. The standard InChI is InChI=1S/C17H19Cl2N3O4S.C2HF3O2/c1-3-4-7-22(2)16-13(17(23)24)8-11(10-20-16)21-27(25,26)12-5-6-14(18)15(19)9-12;3-2(4,5)1(6)7/h5-6,8-10,21H,3-4,7H2,1-2H3,(H,23,24);(H,6,7). The minimum atomic E-state index is -5.08. The number of alkyl halides is 3. The van der Waals surface area contributed by atoms with Gasteiger partial charge in [-0.25, -0.2) is 23.0 Å². The third-order valence-corrected chi connectivity index (χ3v) is 6.12. The van der Waals surface area contributed by atoms with Crippen molar-refractivity contribution in [3.05, 3.63) is 46.1 Å². The molecule has 0 saturated carbocycles. The highest BCUT2D eigenvalue weighted by Crippen LogP contribution is 2.27. The van der Waals surface area contributed by atoms with Crippen LogP contribution in [0.15, 0.2) is 35.4 Å². The molecule has 0 radical (unpaired) electrons. The molecule has 1 aromatic carbocycles. The number of carboxylic acid groups (broad SMARTS) is 2. The molecule has 0 unspecified atom stereocenters. The van der Waals surface area contributed by atoms with E-state index in [-0.39, 0.29) is 32.0 Å². The first kappa shape index (κ1) is 29.3. The first-order valence-corrected chi connectivity index (χ1v) is 11.6. The summed E-state index contributed by atoms with van der Waals surface area (Å²) in [7, 11) is -2.24. The molecule has 0 spiro atoms. The molecule has 0 aliphatic rings. The van der Waals surface area contributed by atoms with Crippen LogP contribution in [0.2, 0.25) is 10.0 Å². The quantitative estimate of drug-likeness (QED) is 0.431. The van der Waals surface area contributed by atoms with Crippen molar-refractivity contribution in [2.24, 2.45) is 0 Å². The second-order valence-electron chi connectivity index (χ2n) is 6.66. The molecule has 34 heavy (non-hydrogen) atoms. The number of anilines is 2. The van der Waals surface area contributed by atoms with Gasteiger partial charge in [0.2, 0.25) is 0 Å². The van der Waals surface area contributed by atoms with Crippen molar-refractivity contribution in [1.82, 2.24) is 4.98 Å². The summed E-state index contributed by atoms with van der Waals surface area (Å²) >= 11 is 11.7. The highest BCUT2D eigenvalue weighted by Gasteiger charge is 2.38. The van der Waals surface area contributed by atoms with Gasteiger partial charge in [0.15, 0.2) is 0 Å². The smallest absolute Gasteiger partial charge is 0.478 e. The molecule has 2 rings (SSSR count). The largest absolute Gasteiger partial charge is 0.490 e. The number of carbonyl (C=O) groups is 2. The van der Waals surface area contributed by atoms with Gasteiger partial charge in [-0.15, -0.1) is 0 Å². The van der Waals surface area contributed by atoms with Crippen LogP contribution in [0.3, 0.4) is 0 Å². The molecule has 3 N–H and O–H groups in total. The maximum Gasteiger partial charge on any atom is 0.490 e. The second kappa shape index (κ2) is 12.1. The number of unbranched alkanes of at least 4 members (excludes halogenated alkanes) is 1. The maximum absolute atomic E-state index is 12.5. The Kier molecular flexibility index (Phi) is 10.4. The van der Waals surface area contributed by atoms with Crippen molar-refractivity contribution in [2.75, 3.05) is 23.2 Å². The molecule has 0 amide bonds. The van der Waals surface area contributed by atoms with Crippen molar-refractivity contribution >= 4 is 56.7 Å². The number of hydrogen-bond acceptors (Lipinski definition) is 6. The first-order chi connectivity index (χ1) is 15.6. The van der Waals surface area contributed by atoms with Crippen molar-refractivity contribution in [3.8, 4) is 0 Å². The maximum atomic E-state index is 12.5. The zero-order chi connectivity index (χ0) is 26.3. The van der Waals surface area contributed by atoms with Crippen LogP contribution in [-0.2, 0) is 14.8 Å². The van der Waals surface area contributed by atoms with E-state index in [1.54, 1.807) is 11.9 Å². The molecule has 188 valence electrons. The summed E-state index contributed by atoms with van der Waals surface area (Å²) in [4.78, 5) is 26.3. The topological polar surface area (TPSA) is 137 Å². The van der Waals surface area contributed by atoms with Crippen LogP contribution < -0.4 is 9.62 Å². The Labute approximate surface area is 203 Å².